The monoisotopic (exact) mass is 376 g/mol. The van der Waals surface area contributed by atoms with E-state index in [1.165, 1.54) is 35.5 Å². The Kier molecular flexibility index (Phi) is 3.61. The highest BCUT2D eigenvalue weighted by Gasteiger charge is 2.23. The highest BCUT2D eigenvalue weighted by Crippen LogP contribution is 2.40. The van der Waals surface area contributed by atoms with Crippen molar-refractivity contribution in [1.29, 1.82) is 0 Å². The van der Waals surface area contributed by atoms with E-state index in [2.05, 4.69) is 32.2 Å². The Morgan fingerprint density at radius 3 is 2.93 bits per heavy atom. The van der Waals surface area contributed by atoms with E-state index >= 15 is 0 Å². The molecule has 9 heteroatoms. The predicted octanol–water partition coefficient (Wildman–Crippen LogP) is 1.93. The van der Waals surface area contributed by atoms with E-state index in [1.807, 2.05) is 16.7 Å². The van der Waals surface area contributed by atoms with Crippen LogP contribution in [0.4, 0.5) is 0 Å². The van der Waals surface area contributed by atoms with Gasteiger partial charge in [0.25, 0.3) is 5.56 Å². The van der Waals surface area contributed by atoms with Crippen molar-refractivity contribution in [2.75, 3.05) is 0 Å². The second-order valence-corrected chi connectivity index (χ2v) is 6.93. The number of H-pyrrole nitrogens is 1. The van der Waals surface area contributed by atoms with Crippen LogP contribution in [-0.2, 0) is 6.54 Å². The number of benzene rings is 1. The van der Waals surface area contributed by atoms with Crippen LogP contribution in [0.1, 0.15) is 40.2 Å². The second-order valence-electron chi connectivity index (χ2n) is 6.93. The van der Waals surface area contributed by atoms with Gasteiger partial charge in [0.15, 0.2) is 11.2 Å². The highest BCUT2D eigenvalue weighted by molar-refractivity contribution is 5.86. The van der Waals surface area contributed by atoms with Crippen LogP contribution in [0.5, 0.6) is 0 Å². The van der Waals surface area contributed by atoms with E-state index in [0.717, 1.165) is 5.56 Å². The molecule has 1 fully saturated rings. The molecule has 0 unspecified atom stereocenters. The van der Waals surface area contributed by atoms with Crippen molar-refractivity contribution in [3.8, 4) is 5.95 Å². The summed E-state index contributed by atoms with van der Waals surface area (Å²) in [6.45, 7) is 0.534. The van der Waals surface area contributed by atoms with Gasteiger partial charge in [0.05, 0.1) is 24.6 Å². The highest BCUT2D eigenvalue weighted by atomic mass is 16.4. The first kappa shape index (κ1) is 16.4. The Hall–Kier alpha value is -3.75. The van der Waals surface area contributed by atoms with Gasteiger partial charge < -0.3 is 9.67 Å². The Morgan fingerprint density at radius 1 is 1.32 bits per heavy atom. The van der Waals surface area contributed by atoms with Gasteiger partial charge in [-0.05, 0) is 29.9 Å². The Morgan fingerprint density at radius 2 is 2.18 bits per heavy atom. The number of aromatic amines is 1. The van der Waals surface area contributed by atoms with Crippen molar-refractivity contribution in [1.82, 2.24) is 29.3 Å². The number of carboxylic acids is 1. The fraction of sp³-hybridized carbons (Fsp3) is 0.211. The maximum Gasteiger partial charge on any atom is 0.338 e. The number of aromatic nitrogens is 6. The number of fused-ring (bicyclic) bond motifs is 1. The van der Waals surface area contributed by atoms with E-state index < -0.39 is 11.5 Å². The van der Waals surface area contributed by atoms with Gasteiger partial charge in [-0.1, -0.05) is 24.3 Å². The zero-order chi connectivity index (χ0) is 19.3. The third-order valence-corrected chi connectivity index (χ3v) is 4.86. The molecule has 0 bridgehead atoms. The maximum absolute atomic E-state index is 12.4. The molecule has 0 aliphatic heterocycles. The molecule has 28 heavy (non-hydrogen) atoms. The van der Waals surface area contributed by atoms with Crippen LogP contribution >= 0.6 is 0 Å². The normalized spacial score (nSPS) is 13.9. The Bertz CT molecular complexity index is 1260. The Labute approximate surface area is 158 Å². The quantitative estimate of drug-likeness (QED) is 0.549. The number of carbonyl (C=O) groups is 1. The lowest BCUT2D eigenvalue weighted by atomic mass is 10.1. The molecule has 9 nitrogen and oxygen atoms in total. The van der Waals surface area contributed by atoms with Crippen molar-refractivity contribution < 1.29 is 9.90 Å². The summed E-state index contributed by atoms with van der Waals surface area (Å²) >= 11 is 0. The zero-order valence-electron chi connectivity index (χ0n) is 14.7. The average Bonchev–Trinajstić information content (AvgIpc) is 3.27. The molecule has 4 aromatic rings. The second kappa shape index (κ2) is 6.15. The summed E-state index contributed by atoms with van der Waals surface area (Å²) in [5, 5.41) is 13.0. The van der Waals surface area contributed by atoms with Crippen LogP contribution in [0, 0.1) is 0 Å². The zero-order valence-corrected chi connectivity index (χ0v) is 14.7. The molecule has 1 saturated carbocycles. The minimum atomic E-state index is -1.10. The number of nitrogens with zero attached hydrogens (tertiary/aromatic N) is 5. The molecule has 140 valence electrons. The molecule has 0 radical (unpaired) electrons. The molecule has 1 aliphatic carbocycles. The first-order valence-electron chi connectivity index (χ1n) is 8.91. The lowest BCUT2D eigenvalue weighted by Crippen LogP contribution is -2.15. The maximum atomic E-state index is 12.4. The Balaban J connectivity index is 1.54. The van der Waals surface area contributed by atoms with Gasteiger partial charge in [0, 0.05) is 6.20 Å². The molecule has 3 heterocycles. The van der Waals surface area contributed by atoms with Crippen LogP contribution in [0.15, 0.2) is 47.8 Å². The SMILES string of the molecule is O=C(O)c1cnn(-c2nc3c(ncn3Cc3cccc(C4CC4)c3)c(=O)[nH]2)c1. The molecular formula is C19H16N6O3. The van der Waals surface area contributed by atoms with E-state index in [9.17, 15) is 9.59 Å². The van der Waals surface area contributed by atoms with Crippen molar-refractivity contribution in [3.05, 3.63) is 70.0 Å². The van der Waals surface area contributed by atoms with Crippen LogP contribution in [0.25, 0.3) is 17.1 Å². The summed E-state index contributed by atoms with van der Waals surface area (Å²) in [4.78, 5) is 34.7. The third-order valence-electron chi connectivity index (χ3n) is 4.86. The lowest BCUT2D eigenvalue weighted by Gasteiger charge is -2.07. The molecule has 0 atom stereocenters. The molecule has 0 saturated heterocycles. The first-order chi connectivity index (χ1) is 13.6. The largest absolute Gasteiger partial charge is 0.478 e. The van der Waals surface area contributed by atoms with Gasteiger partial charge in [-0.25, -0.2) is 14.5 Å². The first-order valence-corrected chi connectivity index (χ1v) is 8.91. The summed E-state index contributed by atoms with van der Waals surface area (Å²) in [6, 6.07) is 8.42. The number of rotatable bonds is 5. The van der Waals surface area contributed by atoms with Crippen molar-refractivity contribution >= 4 is 17.1 Å². The number of carboxylic acid groups (broad SMARTS) is 1. The van der Waals surface area contributed by atoms with E-state index in [1.54, 1.807) is 6.33 Å². The average molecular weight is 376 g/mol. The minimum absolute atomic E-state index is 0.00754. The van der Waals surface area contributed by atoms with Gasteiger partial charge >= 0.3 is 5.97 Å². The van der Waals surface area contributed by atoms with Crippen LogP contribution in [0.2, 0.25) is 0 Å². The molecular weight excluding hydrogens is 360 g/mol. The van der Waals surface area contributed by atoms with Crippen LogP contribution in [0.3, 0.4) is 0 Å². The molecule has 0 amide bonds. The fourth-order valence-electron chi connectivity index (χ4n) is 3.27. The lowest BCUT2D eigenvalue weighted by molar-refractivity contribution is 0.0697. The smallest absolute Gasteiger partial charge is 0.338 e. The van der Waals surface area contributed by atoms with E-state index in [4.69, 9.17) is 5.11 Å². The van der Waals surface area contributed by atoms with E-state index in [-0.39, 0.29) is 17.0 Å². The summed E-state index contributed by atoms with van der Waals surface area (Å²) < 4.78 is 3.04. The molecule has 0 spiro atoms. The number of hydrogen-bond donors (Lipinski definition) is 2. The number of nitrogens with one attached hydrogen (secondary N) is 1. The minimum Gasteiger partial charge on any atom is -0.478 e. The standard InChI is InChI=1S/C19H16N6O3/c26-17-15-16(22-19(23-17)25-9-14(7-21-25)18(27)28)24(10-20-15)8-11-2-1-3-13(6-11)12-4-5-12/h1-3,6-7,9-10,12H,4-5,8H2,(H,27,28)(H,22,23,26). The van der Waals surface area contributed by atoms with Gasteiger partial charge in [0.2, 0.25) is 5.95 Å². The number of hydrogen-bond acceptors (Lipinski definition) is 5. The van der Waals surface area contributed by atoms with Gasteiger partial charge in [0.1, 0.15) is 0 Å². The van der Waals surface area contributed by atoms with Gasteiger partial charge in [-0.15, -0.1) is 0 Å². The fourth-order valence-corrected chi connectivity index (χ4v) is 3.27. The summed E-state index contributed by atoms with van der Waals surface area (Å²) in [5.74, 6) is -0.302. The number of imidazole rings is 1. The van der Waals surface area contributed by atoms with E-state index in [0.29, 0.717) is 18.1 Å². The summed E-state index contributed by atoms with van der Waals surface area (Å²) in [7, 11) is 0. The van der Waals surface area contributed by atoms with Crippen LogP contribution in [-0.4, -0.2) is 40.4 Å². The van der Waals surface area contributed by atoms with Crippen molar-refractivity contribution in [2.45, 2.75) is 25.3 Å². The number of aromatic carboxylic acids is 1. The summed E-state index contributed by atoms with van der Waals surface area (Å²) in [5.41, 5.74) is 2.70. The predicted molar refractivity (Wildman–Crippen MR) is 99.7 cm³/mol. The molecule has 2 N–H and O–H groups in total. The molecule has 5 rings (SSSR count). The van der Waals surface area contributed by atoms with Crippen molar-refractivity contribution in [3.63, 3.8) is 0 Å². The molecule has 1 aromatic carbocycles. The van der Waals surface area contributed by atoms with Gasteiger partial charge in [-0.3, -0.25) is 9.78 Å². The third kappa shape index (κ3) is 2.86. The molecule has 1 aliphatic rings. The van der Waals surface area contributed by atoms with Crippen molar-refractivity contribution in [2.24, 2.45) is 0 Å². The summed E-state index contributed by atoms with van der Waals surface area (Å²) in [6.07, 6.45) is 6.56. The van der Waals surface area contributed by atoms with Gasteiger partial charge in [-0.2, -0.15) is 10.1 Å². The van der Waals surface area contributed by atoms with Crippen LogP contribution < -0.4 is 5.56 Å². The topological polar surface area (TPSA) is 119 Å². The molecule has 3 aromatic heterocycles.